The fourth-order valence-electron chi connectivity index (χ4n) is 2.33. The van der Waals surface area contributed by atoms with Crippen molar-refractivity contribution in [3.8, 4) is 0 Å². The van der Waals surface area contributed by atoms with Crippen LogP contribution in [0.5, 0.6) is 0 Å². The zero-order valence-electron chi connectivity index (χ0n) is 10.6. The molecule has 0 N–H and O–H groups in total. The molecule has 4 heteroatoms. The lowest BCUT2D eigenvalue weighted by molar-refractivity contribution is -0.115. The van der Waals surface area contributed by atoms with E-state index in [1.807, 2.05) is 11.8 Å². The topological polar surface area (TPSA) is 29.5 Å². The van der Waals surface area contributed by atoms with Crippen molar-refractivity contribution in [3.63, 3.8) is 0 Å². The van der Waals surface area contributed by atoms with Crippen molar-refractivity contribution in [2.75, 3.05) is 31.2 Å². The molecule has 0 aliphatic carbocycles. The monoisotopic (exact) mass is 251 g/mol. The van der Waals surface area contributed by atoms with E-state index in [0.717, 1.165) is 6.29 Å². The second-order valence-corrected chi connectivity index (χ2v) is 4.75. The molecule has 3 nitrogen and oxygen atoms in total. The van der Waals surface area contributed by atoms with Gasteiger partial charge in [0.05, 0.1) is 17.7 Å². The molecule has 1 aliphatic rings. The van der Waals surface area contributed by atoms with Crippen LogP contribution < -0.4 is 4.90 Å². The SMILES string of the molecule is CCN(CC1(C=O)CCOC1)c1ccccc1F. The van der Waals surface area contributed by atoms with Crippen LogP contribution in [0.3, 0.4) is 0 Å². The maximum absolute atomic E-state index is 13.8. The number of para-hydroxylation sites is 1. The van der Waals surface area contributed by atoms with Crippen LogP contribution in [0.2, 0.25) is 0 Å². The molecule has 1 saturated heterocycles. The minimum absolute atomic E-state index is 0.251. The molecule has 1 unspecified atom stereocenters. The fraction of sp³-hybridized carbons (Fsp3) is 0.500. The van der Waals surface area contributed by atoms with Gasteiger partial charge >= 0.3 is 0 Å². The van der Waals surface area contributed by atoms with Gasteiger partial charge in [0.1, 0.15) is 12.1 Å². The molecule has 1 heterocycles. The highest BCUT2D eigenvalue weighted by Crippen LogP contribution is 2.30. The third-order valence-electron chi connectivity index (χ3n) is 3.46. The summed E-state index contributed by atoms with van der Waals surface area (Å²) in [6.07, 6.45) is 1.67. The summed E-state index contributed by atoms with van der Waals surface area (Å²) in [5.41, 5.74) is 0.0614. The molecule has 0 amide bonds. The van der Waals surface area contributed by atoms with Gasteiger partial charge in [0.25, 0.3) is 0 Å². The molecule has 1 atom stereocenters. The van der Waals surface area contributed by atoms with Crippen LogP contribution in [0.25, 0.3) is 0 Å². The Morgan fingerprint density at radius 3 is 2.83 bits per heavy atom. The van der Waals surface area contributed by atoms with E-state index in [-0.39, 0.29) is 5.82 Å². The van der Waals surface area contributed by atoms with Gasteiger partial charge in [0.2, 0.25) is 0 Å². The Morgan fingerprint density at radius 1 is 1.50 bits per heavy atom. The van der Waals surface area contributed by atoms with E-state index in [4.69, 9.17) is 4.74 Å². The number of aldehydes is 1. The molecule has 0 bridgehead atoms. The number of carbonyl (C=O) groups is 1. The molecular weight excluding hydrogens is 233 g/mol. The van der Waals surface area contributed by atoms with E-state index >= 15 is 0 Å². The lowest BCUT2D eigenvalue weighted by atomic mass is 9.88. The maximum atomic E-state index is 13.8. The van der Waals surface area contributed by atoms with Gasteiger partial charge < -0.3 is 14.4 Å². The summed E-state index contributed by atoms with van der Waals surface area (Å²) < 4.78 is 19.1. The van der Waals surface area contributed by atoms with Crippen molar-refractivity contribution in [1.82, 2.24) is 0 Å². The Labute approximate surface area is 107 Å². The molecular formula is C14H18FNO2. The largest absolute Gasteiger partial charge is 0.380 e. The Bertz CT molecular complexity index is 416. The third kappa shape index (κ3) is 2.53. The van der Waals surface area contributed by atoms with Crippen LogP contribution in [0, 0.1) is 11.2 Å². The van der Waals surface area contributed by atoms with Gasteiger partial charge in [0.15, 0.2) is 0 Å². The van der Waals surface area contributed by atoms with E-state index in [2.05, 4.69) is 0 Å². The van der Waals surface area contributed by atoms with Gasteiger partial charge in [-0.05, 0) is 25.5 Å². The third-order valence-corrected chi connectivity index (χ3v) is 3.46. The quantitative estimate of drug-likeness (QED) is 0.752. The average molecular weight is 251 g/mol. The van der Waals surface area contributed by atoms with Crippen LogP contribution in [0.1, 0.15) is 13.3 Å². The molecule has 98 valence electrons. The first-order chi connectivity index (χ1) is 8.71. The lowest BCUT2D eigenvalue weighted by Crippen LogP contribution is -2.40. The van der Waals surface area contributed by atoms with Crippen LogP contribution in [-0.2, 0) is 9.53 Å². The van der Waals surface area contributed by atoms with Gasteiger partial charge in [-0.25, -0.2) is 4.39 Å². The summed E-state index contributed by atoms with van der Waals surface area (Å²) >= 11 is 0. The van der Waals surface area contributed by atoms with Crippen molar-refractivity contribution in [2.45, 2.75) is 13.3 Å². The van der Waals surface area contributed by atoms with Crippen LogP contribution in [0.15, 0.2) is 24.3 Å². The molecule has 2 rings (SSSR count). The van der Waals surface area contributed by atoms with Crippen molar-refractivity contribution < 1.29 is 13.9 Å². The second-order valence-electron chi connectivity index (χ2n) is 4.75. The van der Waals surface area contributed by atoms with Crippen molar-refractivity contribution >= 4 is 12.0 Å². The Balaban J connectivity index is 2.19. The summed E-state index contributed by atoms with van der Waals surface area (Å²) in [6.45, 7) is 4.17. The van der Waals surface area contributed by atoms with Crippen LogP contribution >= 0.6 is 0 Å². The lowest BCUT2D eigenvalue weighted by Gasteiger charge is -2.31. The predicted octanol–water partition coefficient (Wildman–Crippen LogP) is 2.26. The minimum Gasteiger partial charge on any atom is -0.380 e. The molecule has 1 aromatic carbocycles. The number of hydrogen-bond donors (Lipinski definition) is 0. The number of nitrogens with zero attached hydrogens (tertiary/aromatic N) is 1. The molecule has 1 fully saturated rings. The first-order valence-corrected chi connectivity index (χ1v) is 6.24. The van der Waals surface area contributed by atoms with Crippen LogP contribution in [0.4, 0.5) is 10.1 Å². The molecule has 18 heavy (non-hydrogen) atoms. The zero-order valence-corrected chi connectivity index (χ0v) is 10.6. The first kappa shape index (κ1) is 13.0. The van der Waals surface area contributed by atoms with E-state index in [9.17, 15) is 9.18 Å². The van der Waals surface area contributed by atoms with E-state index in [1.54, 1.807) is 18.2 Å². The van der Waals surface area contributed by atoms with Crippen molar-refractivity contribution in [2.24, 2.45) is 5.41 Å². The number of hydrogen-bond acceptors (Lipinski definition) is 3. The summed E-state index contributed by atoms with van der Waals surface area (Å²) in [5.74, 6) is -0.251. The Kier molecular flexibility index (Phi) is 3.97. The van der Waals surface area contributed by atoms with E-state index < -0.39 is 5.41 Å². The van der Waals surface area contributed by atoms with E-state index in [1.165, 1.54) is 6.07 Å². The van der Waals surface area contributed by atoms with Gasteiger partial charge in [0, 0.05) is 19.7 Å². The summed E-state index contributed by atoms with van der Waals surface area (Å²) in [7, 11) is 0. The molecule has 0 radical (unpaired) electrons. The smallest absolute Gasteiger partial charge is 0.146 e. The molecule has 1 aromatic rings. The number of rotatable bonds is 5. The Morgan fingerprint density at radius 2 is 2.28 bits per heavy atom. The molecule has 0 aromatic heterocycles. The van der Waals surface area contributed by atoms with Gasteiger partial charge in [-0.1, -0.05) is 12.1 Å². The van der Waals surface area contributed by atoms with Gasteiger partial charge in [-0.2, -0.15) is 0 Å². The molecule has 1 aliphatic heterocycles. The standard InChI is InChI=1S/C14H18FNO2/c1-2-16(13-6-4-3-5-12(13)15)9-14(10-17)7-8-18-11-14/h3-6,10H,2,7-9,11H2,1H3. The number of anilines is 1. The number of benzene rings is 1. The second kappa shape index (κ2) is 5.48. The highest BCUT2D eigenvalue weighted by Gasteiger charge is 2.36. The highest BCUT2D eigenvalue weighted by molar-refractivity contribution is 5.62. The number of ether oxygens (including phenoxy) is 1. The van der Waals surface area contributed by atoms with Crippen molar-refractivity contribution in [1.29, 1.82) is 0 Å². The van der Waals surface area contributed by atoms with Gasteiger partial charge in [-0.3, -0.25) is 0 Å². The molecule has 0 saturated carbocycles. The zero-order chi connectivity index (χ0) is 13.0. The Hall–Kier alpha value is -1.42. The minimum atomic E-state index is -0.488. The van der Waals surface area contributed by atoms with Crippen LogP contribution in [-0.4, -0.2) is 32.6 Å². The summed E-state index contributed by atoms with van der Waals surface area (Å²) in [5, 5.41) is 0. The predicted molar refractivity (Wildman–Crippen MR) is 68.2 cm³/mol. The first-order valence-electron chi connectivity index (χ1n) is 6.24. The number of halogens is 1. The summed E-state index contributed by atoms with van der Waals surface area (Å²) in [6, 6.07) is 6.66. The maximum Gasteiger partial charge on any atom is 0.146 e. The number of carbonyl (C=O) groups excluding carboxylic acids is 1. The molecule has 0 spiro atoms. The van der Waals surface area contributed by atoms with Gasteiger partial charge in [-0.15, -0.1) is 0 Å². The van der Waals surface area contributed by atoms with E-state index in [0.29, 0.717) is 38.4 Å². The normalized spacial score (nSPS) is 23.0. The van der Waals surface area contributed by atoms with Crippen molar-refractivity contribution in [3.05, 3.63) is 30.1 Å². The fourth-order valence-corrected chi connectivity index (χ4v) is 2.33. The average Bonchev–Trinajstić information content (AvgIpc) is 2.86. The highest BCUT2D eigenvalue weighted by atomic mass is 19.1. The summed E-state index contributed by atoms with van der Waals surface area (Å²) in [4.78, 5) is 13.2.